The molecule has 1 aliphatic rings. The molecule has 1 heteroatoms. The number of hydrogen-bond acceptors (Lipinski definition) is 1. The highest BCUT2D eigenvalue weighted by Crippen LogP contribution is 2.31. The number of rotatable bonds is 6. The summed E-state index contributed by atoms with van der Waals surface area (Å²) in [5.41, 5.74) is 0. The van der Waals surface area contributed by atoms with Gasteiger partial charge in [-0.25, -0.2) is 0 Å². The fourth-order valence-corrected chi connectivity index (χ4v) is 1.48. The Balaban J connectivity index is 1.84. The molecule has 0 aromatic rings. The van der Waals surface area contributed by atoms with Crippen LogP contribution in [0, 0.1) is 5.92 Å². The lowest BCUT2D eigenvalue weighted by atomic mass is 10.2. The van der Waals surface area contributed by atoms with Crippen LogP contribution in [0.1, 0.15) is 46.0 Å². The maximum absolute atomic E-state index is 3.55. The maximum atomic E-state index is 3.55. The molecule has 1 saturated carbocycles. The molecule has 1 rings (SSSR count). The van der Waals surface area contributed by atoms with Crippen molar-refractivity contribution in [2.45, 2.75) is 52.0 Å². The standard InChI is InChI=1S/C10H21N/c1-3-4-9(2)11-8-7-10-5-6-10/h9-11H,3-8H2,1-2H3. The molecule has 0 bridgehead atoms. The van der Waals surface area contributed by atoms with Crippen molar-refractivity contribution in [1.29, 1.82) is 0 Å². The predicted molar refractivity (Wildman–Crippen MR) is 49.7 cm³/mol. The summed E-state index contributed by atoms with van der Waals surface area (Å²) in [4.78, 5) is 0. The van der Waals surface area contributed by atoms with Gasteiger partial charge >= 0.3 is 0 Å². The molecular formula is C10H21N. The minimum absolute atomic E-state index is 0.735. The highest BCUT2D eigenvalue weighted by atomic mass is 14.9. The summed E-state index contributed by atoms with van der Waals surface area (Å²) in [6.45, 7) is 5.78. The molecule has 0 radical (unpaired) electrons. The lowest BCUT2D eigenvalue weighted by Crippen LogP contribution is -2.26. The maximum Gasteiger partial charge on any atom is 0.00386 e. The highest BCUT2D eigenvalue weighted by Gasteiger charge is 2.20. The monoisotopic (exact) mass is 155 g/mol. The second-order valence-electron chi connectivity index (χ2n) is 3.88. The van der Waals surface area contributed by atoms with Gasteiger partial charge in [0.25, 0.3) is 0 Å². The van der Waals surface area contributed by atoms with Crippen LogP contribution in [0.2, 0.25) is 0 Å². The molecule has 0 spiro atoms. The second-order valence-corrected chi connectivity index (χ2v) is 3.88. The molecule has 1 unspecified atom stereocenters. The van der Waals surface area contributed by atoms with E-state index in [4.69, 9.17) is 0 Å². The van der Waals surface area contributed by atoms with Gasteiger partial charge in [-0.2, -0.15) is 0 Å². The van der Waals surface area contributed by atoms with E-state index in [0.717, 1.165) is 12.0 Å². The summed E-state index contributed by atoms with van der Waals surface area (Å²) in [7, 11) is 0. The van der Waals surface area contributed by atoms with E-state index in [-0.39, 0.29) is 0 Å². The van der Waals surface area contributed by atoms with E-state index in [1.54, 1.807) is 0 Å². The van der Waals surface area contributed by atoms with Crippen LogP contribution in [0.15, 0.2) is 0 Å². The minimum Gasteiger partial charge on any atom is -0.314 e. The van der Waals surface area contributed by atoms with Gasteiger partial charge in [-0.1, -0.05) is 26.2 Å². The van der Waals surface area contributed by atoms with Gasteiger partial charge in [0.1, 0.15) is 0 Å². The summed E-state index contributed by atoms with van der Waals surface area (Å²) >= 11 is 0. The van der Waals surface area contributed by atoms with Crippen molar-refractivity contribution in [1.82, 2.24) is 5.32 Å². The van der Waals surface area contributed by atoms with Crippen LogP contribution in [0.4, 0.5) is 0 Å². The summed E-state index contributed by atoms with van der Waals surface area (Å²) in [5.74, 6) is 1.08. The molecule has 0 aromatic heterocycles. The predicted octanol–water partition coefficient (Wildman–Crippen LogP) is 2.56. The van der Waals surface area contributed by atoms with Gasteiger partial charge in [-0.15, -0.1) is 0 Å². The summed E-state index contributed by atoms with van der Waals surface area (Å²) in [5, 5.41) is 3.55. The average molecular weight is 155 g/mol. The zero-order chi connectivity index (χ0) is 8.10. The number of nitrogens with one attached hydrogen (secondary N) is 1. The lowest BCUT2D eigenvalue weighted by molar-refractivity contribution is 0.491. The van der Waals surface area contributed by atoms with Crippen LogP contribution < -0.4 is 5.32 Å². The lowest BCUT2D eigenvalue weighted by Gasteiger charge is -2.11. The van der Waals surface area contributed by atoms with Crippen molar-refractivity contribution < 1.29 is 0 Å². The molecule has 0 aromatic carbocycles. The van der Waals surface area contributed by atoms with E-state index in [2.05, 4.69) is 19.2 Å². The van der Waals surface area contributed by atoms with Crippen molar-refractivity contribution in [3.63, 3.8) is 0 Å². The first-order valence-corrected chi connectivity index (χ1v) is 5.06. The van der Waals surface area contributed by atoms with Crippen LogP contribution in [0.3, 0.4) is 0 Å². The van der Waals surface area contributed by atoms with Crippen LogP contribution in [0.25, 0.3) is 0 Å². The Morgan fingerprint density at radius 1 is 1.45 bits per heavy atom. The first kappa shape index (κ1) is 9.05. The molecule has 1 N–H and O–H groups in total. The Kier molecular flexibility index (Phi) is 3.92. The molecule has 66 valence electrons. The molecule has 11 heavy (non-hydrogen) atoms. The third kappa shape index (κ3) is 4.41. The van der Waals surface area contributed by atoms with Gasteiger partial charge < -0.3 is 5.32 Å². The van der Waals surface area contributed by atoms with Gasteiger partial charge in [0.2, 0.25) is 0 Å². The second kappa shape index (κ2) is 4.76. The summed E-state index contributed by atoms with van der Waals surface area (Å²) in [6.07, 6.45) is 7.02. The largest absolute Gasteiger partial charge is 0.314 e. The first-order valence-electron chi connectivity index (χ1n) is 5.06. The fourth-order valence-electron chi connectivity index (χ4n) is 1.48. The van der Waals surface area contributed by atoms with Crippen molar-refractivity contribution in [3.05, 3.63) is 0 Å². The van der Waals surface area contributed by atoms with Gasteiger partial charge in [0, 0.05) is 6.04 Å². The van der Waals surface area contributed by atoms with Crippen molar-refractivity contribution in [3.8, 4) is 0 Å². The van der Waals surface area contributed by atoms with Crippen LogP contribution in [-0.4, -0.2) is 12.6 Å². The van der Waals surface area contributed by atoms with Gasteiger partial charge in [-0.05, 0) is 32.2 Å². The molecule has 1 nitrogen and oxygen atoms in total. The Morgan fingerprint density at radius 3 is 2.73 bits per heavy atom. The molecule has 1 fully saturated rings. The Bertz CT molecular complexity index is 97.0. The molecule has 0 amide bonds. The van der Waals surface area contributed by atoms with Gasteiger partial charge in [0.15, 0.2) is 0 Å². The zero-order valence-corrected chi connectivity index (χ0v) is 7.90. The van der Waals surface area contributed by atoms with E-state index < -0.39 is 0 Å². The van der Waals surface area contributed by atoms with Gasteiger partial charge in [0.05, 0.1) is 0 Å². The minimum atomic E-state index is 0.735. The molecule has 0 heterocycles. The Labute approximate surface area is 70.6 Å². The normalized spacial score (nSPS) is 20.2. The summed E-state index contributed by atoms with van der Waals surface area (Å²) < 4.78 is 0. The van der Waals surface area contributed by atoms with Crippen molar-refractivity contribution in [2.75, 3.05) is 6.54 Å². The van der Waals surface area contributed by atoms with E-state index in [1.807, 2.05) is 0 Å². The van der Waals surface area contributed by atoms with E-state index in [0.29, 0.717) is 0 Å². The highest BCUT2D eigenvalue weighted by molar-refractivity contribution is 4.74. The third-order valence-electron chi connectivity index (χ3n) is 2.46. The molecular weight excluding hydrogens is 134 g/mol. The topological polar surface area (TPSA) is 12.0 Å². The molecule has 1 atom stereocenters. The van der Waals surface area contributed by atoms with Crippen LogP contribution in [-0.2, 0) is 0 Å². The third-order valence-corrected chi connectivity index (χ3v) is 2.46. The first-order chi connectivity index (χ1) is 5.33. The van der Waals surface area contributed by atoms with E-state index in [1.165, 1.54) is 38.6 Å². The zero-order valence-electron chi connectivity index (χ0n) is 7.90. The Morgan fingerprint density at radius 2 is 2.18 bits per heavy atom. The summed E-state index contributed by atoms with van der Waals surface area (Å²) in [6, 6.07) is 0.735. The molecule has 0 saturated heterocycles. The van der Waals surface area contributed by atoms with Gasteiger partial charge in [-0.3, -0.25) is 0 Å². The smallest absolute Gasteiger partial charge is 0.00386 e. The fraction of sp³-hybridized carbons (Fsp3) is 1.00. The number of hydrogen-bond donors (Lipinski definition) is 1. The average Bonchev–Trinajstić information content (AvgIpc) is 2.72. The van der Waals surface area contributed by atoms with Crippen molar-refractivity contribution >= 4 is 0 Å². The van der Waals surface area contributed by atoms with Crippen molar-refractivity contribution in [2.24, 2.45) is 5.92 Å². The van der Waals surface area contributed by atoms with E-state index >= 15 is 0 Å². The van der Waals surface area contributed by atoms with E-state index in [9.17, 15) is 0 Å². The van der Waals surface area contributed by atoms with Crippen LogP contribution in [0.5, 0.6) is 0 Å². The van der Waals surface area contributed by atoms with Crippen LogP contribution >= 0.6 is 0 Å². The SMILES string of the molecule is CCCC(C)NCCC1CC1. The molecule has 1 aliphatic carbocycles. The Hall–Kier alpha value is -0.0400. The quantitative estimate of drug-likeness (QED) is 0.621. The molecule has 0 aliphatic heterocycles.